The third kappa shape index (κ3) is 4.92. The van der Waals surface area contributed by atoms with Crippen molar-refractivity contribution in [2.24, 2.45) is 0 Å². The first kappa shape index (κ1) is 20.1. The second-order valence-corrected chi connectivity index (χ2v) is 7.41. The van der Waals surface area contributed by atoms with E-state index in [1.54, 1.807) is 0 Å². The number of hydrogen-bond donors (Lipinski definition) is 0. The number of rotatable bonds is 8. The molecule has 0 unspecified atom stereocenters. The first-order valence-corrected chi connectivity index (χ1v) is 10.0. The standard InChI is InChI=1S/C22H28Cl2O/c1-15-9-11-21(19(17(15)3)7-5-13-23)25-22-12-10-16(2)18(4)20(22)8-6-14-24/h9-12H,5-8,13-14H2,1-4H3. The highest BCUT2D eigenvalue weighted by molar-refractivity contribution is 6.18. The highest BCUT2D eigenvalue weighted by atomic mass is 35.5. The molecule has 2 aromatic carbocycles. The van der Waals surface area contributed by atoms with Crippen molar-refractivity contribution < 1.29 is 4.74 Å². The minimum atomic E-state index is 0.664. The van der Waals surface area contributed by atoms with Crippen LogP contribution in [0.1, 0.15) is 46.2 Å². The van der Waals surface area contributed by atoms with Crippen LogP contribution in [0.25, 0.3) is 0 Å². The Balaban J connectivity index is 2.42. The predicted molar refractivity (Wildman–Crippen MR) is 110 cm³/mol. The van der Waals surface area contributed by atoms with Crippen LogP contribution in [0.15, 0.2) is 24.3 Å². The molecule has 0 aromatic heterocycles. The predicted octanol–water partition coefficient (Wildman–Crippen LogP) is 7.06. The molecule has 0 aliphatic heterocycles. The molecule has 1 nitrogen and oxygen atoms in total. The van der Waals surface area contributed by atoms with Crippen molar-refractivity contribution in [2.45, 2.75) is 53.4 Å². The maximum Gasteiger partial charge on any atom is 0.130 e. The molecule has 0 aliphatic rings. The lowest BCUT2D eigenvalue weighted by Gasteiger charge is -2.19. The molecule has 0 spiro atoms. The lowest BCUT2D eigenvalue weighted by Crippen LogP contribution is -2.02. The van der Waals surface area contributed by atoms with Crippen molar-refractivity contribution in [1.82, 2.24) is 0 Å². The van der Waals surface area contributed by atoms with Crippen molar-refractivity contribution in [2.75, 3.05) is 11.8 Å². The number of aryl methyl sites for hydroxylation is 2. The van der Waals surface area contributed by atoms with Gasteiger partial charge in [-0.3, -0.25) is 0 Å². The molecule has 0 saturated heterocycles. The lowest BCUT2D eigenvalue weighted by atomic mass is 9.97. The number of ether oxygens (including phenoxy) is 1. The molecule has 0 saturated carbocycles. The van der Waals surface area contributed by atoms with Crippen LogP contribution in [0.4, 0.5) is 0 Å². The molecule has 2 rings (SSSR count). The Morgan fingerprint density at radius 1 is 0.680 bits per heavy atom. The maximum absolute atomic E-state index is 6.42. The Morgan fingerprint density at radius 3 is 1.44 bits per heavy atom. The number of benzene rings is 2. The Labute approximate surface area is 162 Å². The van der Waals surface area contributed by atoms with E-state index in [0.29, 0.717) is 11.8 Å². The van der Waals surface area contributed by atoms with Gasteiger partial charge in [-0.15, -0.1) is 23.2 Å². The Bertz CT molecular complexity index is 661. The molecule has 0 bridgehead atoms. The fraction of sp³-hybridized carbons (Fsp3) is 0.455. The van der Waals surface area contributed by atoms with Crippen LogP contribution in [-0.2, 0) is 12.8 Å². The van der Waals surface area contributed by atoms with Gasteiger partial charge < -0.3 is 4.74 Å². The molecule has 2 aromatic rings. The van der Waals surface area contributed by atoms with Crippen LogP contribution in [0, 0.1) is 27.7 Å². The maximum atomic E-state index is 6.42. The summed E-state index contributed by atoms with van der Waals surface area (Å²) in [5, 5.41) is 0. The molecule has 0 amide bonds. The first-order valence-electron chi connectivity index (χ1n) is 8.97. The molecule has 0 heterocycles. The topological polar surface area (TPSA) is 9.23 Å². The van der Waals surface area contributed by atoms with E-state index < -0.39 is 0 Å². The average molecular weight is 379 g/mol. The van der Waals surface area contributed by atoms with Crippen LogP contribution in [0.5, 0.6) is 11.5 Å². The van der Waals surface area contributed by atoms with Crippen molar-refractivity contribution in [3.05, 3.63) is 57.6 Å². The fourth-order valence-corrected chi connectivity index (χ4v) is 3.38. The summed E-state index contributed by atoms with van der Waals surface area (Å²) in [5.74, 6) is 3.22. The number of alkyl halides is 2. The average Bonchev–Trinajstić information content (AvgIpc) is 2.60. The molecular weight excluding hydrogens is 351 g/mol. The van der Waals surface area contributed by atoms with Gasteiger partial charge in [0.05, 0.1) is 0 Å². The van der Waals surface area contributed by atoms with Gasteiger partial charge in [-0.1, -0.05) is 12.1 Å². The highest BCUT2D eigenvalue weighted by Gasteiger charge is 2.14. The van der Waals surface area contributed by atoms with Gasteiger partial charge in [0.25, 0.3) is 0 Å². The Kier molecular flexibility index (Phi) is 7.65. The summed E-state index contributed by atoms with van der Waals surface area (Å²) in [7, 11) is 0. The third-order valence-corrected chi connectivity index (χ3v) is 5.53. The summed E-state index contributed by atoms with van der Waals surface area (Å²) >= 11 is 11.8. The van der Waals surface area contributed by atoms with Gasteiger partial charge >= 0.3 is 0 Å². The van der Waals surface area contributed by atoms with Crippen molar-refractivity contribution in [3.63, 3.8) is 0 Å². The highest BCUT2D eigenvalue weighted by Crippen LogP contribution is 2.34. The SMILES string of the molecule is Cc1ccc(Oc2ccc(C)c(C)c2CCCCl)c(CCCCl)c1C. The van der Waals surface area contributed by atoms with E-state index in [2.05, 4.69) is 52.0 Å². The van der Waals surface area contributed by atoms with Crippen molar-refractivity contribution in [3.8, 4) is 11.5 Å². The summed E-state index contributed by atoms with van der Waals surface area (Å²) in [4.78, 5) is 0. The van der Waals surface area contributed by atoms with Gasteiger partial charge in [0.1, 0.15) is 11.5 Å². The molecular formula is C22H28Cl2O. The zero-order chi connectivity index (χ0) is 18.4. The van der Waals surface area contributed by atoms with E-state index in [1.807, 2.05) is 0 Å². The molecule has 0 fully saturated rings. The van der Waals surface area contributed by atoms with E-state index in [-0.39, 0.29) is 0 Å². The molecule has 25 heavy (non-hydrogen) atoms. The summed E-state index contributed by atoms with van der Waals surface area (Å²) in [6.07, 6.45) is 3.78. The molecule has 0 atom stereocenters. The number of halogens is 2. The zero-order valence-corrected chi connectivity index (χ0v) is 17.2. The summed E-state index contributed by atoms with van der Waals surface area (Å²) in [6, 6.07) is 8.45. The van der Waals surface area contributed by atoms with Crippen LogP contribution in [0.3, 0.4) is 0 Å². The summed E-state index contributed by atoms with van der Waals surface area (Å²) in [6.45, 7) is 8.62. The van der Waals surface area contributed by atoms with E-state index in [0.717, 1.165) is 37.2 Å². The summed E-state index contributed by atoms with van der Waals surface area (Å²) in [5.41, 5.74) is 7.71. The Hall–Kier alpha value is -1.18. The monoisotopic (exact) mass is 378 g/mol. The van der Waals surface area contributed by atoms with Crippen LogP contribution in [-0.4, -0.2) is 11.8 Å². The van der Waals surface area contributed by atoms with Crippen LogP contribution < -0.4 is 4.74 Å². The van der Waals surface area contributed by atoms with E-state index in [4.69, 9.17) is 27.9 Å². The van der Waals surface area contributed by atoms with E-state index in [1.165, 1.54) is 33.4 Å². The summed E-state index contributed by atoms with van der Waals surface area (Å²) < 4.78 is 6.42. The molecule has 0 radical (unpaired) electrons. The van der Waals surface area contributed by atoms with Crippen molar-refractivity contribution >= 4 is 23.2 Å². The second-order valence-electron chi connectivity index (χ2n) is 6.66. The minimum absolute atomic E-state index is 0.664. The zero-order valence-electron chi connectivity index (χ0n) is 15.7. The molecule has 0 aliphatic carbocycles. The van der Waals surface area contributed by atoms with Crippen LogP contribution in [0.2, 0.25) is 0 Å². The lowest BCUT2D eigenvalue weighted by molar-refractivity contribution is 0.467. The van der Waals surface area contributed by atoms with Gasteiger partial charge in [0.15, 0.2) is 0 Å². The molecule has 136 valence electrons. The van der Waals surface area contributed by atoms with Gasteiger partial charge in [0.2, 0.25) is 0 Å². The van der Waals surface area contributed by atoms with Crippen molar-refractivity contribution in [1.29, 1.82) is 0 Å². The third-order valence-electron chi connectivity index (χ3n) is 4.99. The number of hydrogen-bond acceptors (Lipinski definition) is 1. The second kappa shape index (κ2) is 9.50. The first-order chi connectivity index (χ1) is 12.0. The van der Waals surface area contributed by atoms with Gasteiger partial charge in [-0.05, 0) is 98.9 Å². The largest absolute Gasteiger partial charge is 0.457 e. The smallest absolute Gasteiger partial charge is 0.130 e. The molecule has 3 heteroatoms. The van der Waals surface area contributed by atoms with Gasteiger partial charge in [0, 0.05) is 11.8 Å². The minimum Gasteiger partial charge on any atom is -0.457 e. The van der Waals surface area contributed by atoms with E-state index >= 15 is 0 Å². The fourth-order valence-electron chi connectivity index (χ4n) is 3.12. The quantitative estimate of drug-likeness (QED) is 0.446. The van der Waals surface area contributed by atoms with Crippen LogP contribution >= 0.6 is 23.2 Å². The molecule has 0 N–H and O–H groups in total. The van der Waals surface area contributed by atoms with Gasteiger partial charge in [-0.25, -0.2) is 0 Å². The normalized spacial score (nSPS) is 11.0. The van der Waals surface area contributed by atoms with E-state index in [9.17, 15) is 0 Å². The Morgan fingerprint density at radius 2 is 1.08 bits per heavy atom. The van der Waals surface area contributed by atoms with Gasteiger partial charge in [-0.2, -0.15) is 0 Å².